The Kier molecular flexibility index (Phi) is 4.80. The van der Waals surface area contributed by atoms with Gasteiger partial charge in [0.25, 0.3) is 5.91 Å². The van der Waals surface area contributed by atoms with Crippen LogP contribution in [0.2, 0.25) is 0 Å². The molecule has 0 bridgehead atoms. The van der Waals surface area contributed by atoms with E-state index >= 15 is 0 Å². The van der Waals surface area contributed by atoms with Gasteiger partial charge in [0.15, 0.2) is 11.5 Å². The molecule has 7 heteroatoms. The third kappa shape index (κ3) is 3.73. The van der Waals surface area contributed by atoms with E-state index in [9.17, 15) is 9.18 Å². The number of halogens is 1. The van der Waals surface area contributed by atoms with E-state index in [1.807, 2.05) is 18.2 Å². The van der Waals surface area contributed by atoms with Gasteiger partial charge in [-0.1, -0.05) is 12.1 Å². The summed E-state index contributed by atoms with van der Waals surface area (Å²) in [6.07, 6.45) is 1.58. The molecule has 1 amide bonds. The van der Waals surface area contributed by atoms with Gasteiger partial charge in [-0.3, -0.25) is 4.79 Å². The Bertz CT molecular complexity index is 1030. The van der Waals surface area contributed by atoms with Gasteiger partial charge >= 0.3 is 0 Å². The van der Waals surface area contributed by atoms with E-state index in [-0.39, 0.29) is 18.5 Å². The molecule has 4 rings (SSSR count). The van der Waals surface area contributed by atoms with Crippen molar-refractivity contribution in [1.29, 1.82) is 0 Å². The van der Waals surface area contributed by atoms with E-state index in [4.69, 9.17) is 9.47 Å². The van der Waals surface area contributed by atoms with Gasteiger partial charge in [0.2, 0.25) is 6.79 Å². The van der Waals surface area contributed by atoms with Crippen LogP contribution in [0.1, 0.15) is 15.9 Å². The van der Waals surface area contributed by atoms with Crippen LogP contribution in [0.25, 0.3) is 0 Å². The summed E-state index contributed by atoms with van der Waals surface area (Å²) in [5.41, 5.74) is 1.84. The number of fused-ring (bicyclic) bond motifs is 1. The first-order valence-electron chi connectivity index (χ1n) is 8.72. The predicted octanol–water partition coefficient (Wildman–Crippen LogP) is 3.97. The number of carbonyl (C=O) groups excluding carboxylic acids is 1. The molecule has 0 aliphatic carbocycles. The molecule has 6 nitrogen and oxygen atoms in total. The molecule has 2 heterocycles. The van der Waals surface area contributed by atoms with Crippen LogP contribution < -0.4 is 14.8 Å². The molecule has 0 saturated carbocycles. The van der Waals surface area contributed by atoms with Gasteiger partial charge in [-0.15, -0.1) is 0 Å². The quantitative estimate of drug-likeness (QED) is 0.727. The second-order valence-electron chi connectivity index (χ2n) is 6.38. The van der Waals surface area contributed by atoms with Crippen molar-refractivity contribution in [1.82, 2.24) is 9.88 Å². The average Bonchev–Trinajstić information content (AvgIpc) is 3.16. The van der Waals surface area contributed by atoms with Crippen molar-refractivity contribution < 1.29 is 18.7 Å². The highest BCUT2D eigenvalue weighted by molar-refractivity contribution is 5.99. The van der Waals surface area contributed by atoms with Crippen LogP contribution in [-0.4, -0.2) is 29.6 Å². The standard InChI is InChI=1S/C21H18FN3O3/c1-25(12-14-7-8-18-19(10-14)28-13-27-18)21(26)17-6-3-9-23-20(17)24-16-5-2-4-15(22)11-16/h2-11H,12-13H2,1H3,(H,23,24). The lowest BCUT2D eigenvalue weighted by atomic mass is 10.1. The number of aromatic nitrogens is 1. The van der Waals surface area contributed by atoms with Gasteiger partial charge in [0.1, 0.15) is 11.6 Å². The molecular weight excluding hydrogens is 361 g/mol. The van der Waals surface area contributed by atoms with Crippen molar-refractivity contribution in [2.45, 2.75) is 6.54 Å². The first kappa shape index (κ1) is 17.8. The third-order valence-corrected chi connectivity index (χ3v) is 4.33. The van der Waals surface area contributed by atoms with Crippen LogP contribution in [0.4, 0.5) is 15.9 Å². The zero-order valence-corrected chi connectivity index (χ0v) is 15.2. The van der Waals surface area contributed by atoms with Crippen molar-refractivity contribution in [3.05, 3.63) is 77.7 Å². The Hall–Kier alpha value is -3.61. The summed E-state index contributed by atoms with van der Waals surface area (Å²) in [5.74, 6) is 1.17. The van der Waals surface area contributed by atoms with Crippen molar-refractivity contribution >= 4 is 17.4 Å². The molecule has 0 radical (unpaired) electrons. The molecule has 1 aliphatic heterocycles. The molecule has 28 heavy (non-hydrogen) atoms. The van der Waals surface area contributed by atoms with Crippen molar-refractivity contribution in [2.75, 3.05) is 19.2 Å². The van der Waals surface area contributed by atoms with E-state index < -0.39 is 0 Å². The largest absolute Gasteiger partial charge is 0.454 e. The maximum Gasteiger partial charge on any atom is 0.257 e. The number of rotatable bonds is 5. The number of anilines is 2. The Balaban J connectivity index is 1.52. The highest BCUT2D eigenvalue weighted by Crippen LogP contribution is 2.33. The average molecular weight is 379 g/mol. The topological polar surface area (TPSA) is 63.7 Å². The van der Waals surface area contributed by atoms with Gasteiger partial charge in [0, 0.05) is 25.5 Å². The second kappa shape index (κ2) is 7.56. The van der Waals surface area contributed by atoms with Crippen molar-refractivity contribution in [3.63, 3.8) is 0 Å². The Morgan fingerprint density at radius 3 is 2.86 bits per heavy atom. The number of nitrogens with zero attached hydrogens (tertiary/aromatic N) is 2. The highest BCUT2D eigenvalue weighted by Gasteiger charge is 2.19. The number of amides is 1. The van der Waals surface area contributed by atoms with Gasteiger partial charge in [0.05, 0.1) is 5.56 Å². The molecule has 0 saturated heterocycles. The first-order valence-corrected chi connectivity index (χ1v) is 8.72. The van der Waals surface area contributed by atoms with Crippen LogP contribution in [0.15, 0.2) is 60.8 Å². The molecule has 3 aromatic rings. The number of nitrogens with one attached hydrogen (secondary N) is 1. The molecule has 142 valence electrons. The van der Waals surface area contributed by atoms with Crippen LogP contribution in [0.5, 0.6) is 11.5 Å². The summed E-state index contributed by atoms with van der Waals surface area (Å²) < 4.78 is 24.1. The lowest BCUT2D eigenvalue weighted by Crippen LogP contribution is -2.27. The number of hydrogen-bond acceptors (Lipinski definition) is 5. The maximum atomic E-state index is 13.4. The molecule has 1 aliphatic rings. The number of pyridine rings is 1. The van der Waals surface area contributed by atoms with Gasteiger partial charge in [-0.2, -0.15) is 0 Å². The lowest BCUT2D eigenvalue weighted by Gasteiger charge is -2.19. The Morgan fingerprint density at radius 1 is 1.14 bits per heavy atom. The van der Waals surface area contributed by atoms with Crippen molar-refractivity contribution in [2.24, 2.45) is 0 Å². The summed E-state index contributed by atoms with van der Waals surface area (Å²) in [4.78, 5) is 18.8. The lowest BCUT2D eigenvalue weighted by molar-refractivity contribution is 0.0785. The summed E-state index contributed by atoms with van der Waals surface area (Å²) in [5, 5.41) is 3.01. The Morgan fingerprint density at radius 2 is 2.00 bits per heavy atom. The molecule has 1 aromatic heterocycles. The fourth-order valence-corrected chi connectivity index (χ4v) is 2.97. The maximum absolute atomic E-state index is 13.4. The minimum Gasteiger partial charge on any atom is -0.454 e. The molecule has 0 unspecified atom stereocenters. The predicted molar refractivity (Wildman–Crippen MR) is 102 cm³/mol. The van der Waals surface area contributed by atoms with E-state index in [1.54, 1.807) is 42.4 Å². The molecule has 0 spiro atoms. The van der Waals surface area contributed by atoms with Gasteiger partial charge < -0.3 is 19.7 Å². The summed E-state index contributed by atoms with van der Waals surface area (Å²) in [6.45, 7) is 0.599. The fourth-order valence-electron chi connectivity index (χ4n) is 2.97. The van der Waals surface area contributed by atoms with Gasteiger partial charge in [-0.25, -0.2) is 9.37 Å². The minimum absolute atomic E-state index is 0.204. The monoisotopic (exact) mass is 379 g/mol. The summed E-state index contributed by atoms with van der Waals surface area (Å²) in [6, 6.07) is 15.0. The van der Waals surface area contributed by atoms with Crippen LogP contribution in [-0.2, 0) is 6.54 Å². The molecule has 0 fully saturated rings. The third-order valence-electron chi connectivity index (χ3n) is 4.33. The number of carbonyl (C=O) groups is 1. The summed E-state index contributed by atoms with van der Waals surface area (Å²) in [7, 11) is 1.71. The molecule has 2 aromatic carbocycles. The molecule has 1 N–H and O–H groups in total. The molecule has 0 atom stereocenters. The Labute approximate surface area is 161 Å². The van der Waals surface area contributed by atoms with E-state index in [0.717, 1.165) is 5.56 Å². The highest BCUT2D eigenvalue weighted by atomic mass is 19.1. The fraction of sp³-hybridized carbons (Fsp3) is 0.143. The SMILES string of the molecule is CN(Cc1ccc2c(c1)OCO2)C(=O)c1cccnc1Nc1cccc(F)c1. The van der Waals surface area contributed by atoms with E-state index in [2.05, 4.69) is 10.3 Å². The smallest absolute Gasteiger partial charge is 0.257 e. The van der Waals surface area contributed by atoms with Crippen molar-refractivity contribution in [3.8, 4) is 11.5 Å². The zero-order valence-electron chi connectivity index (χ0n) is 15.2. The van der Waals surface area contributed by atoms with E-state index in [0.29, 0.717) is 35.1 Å². The van der Waals surface area contributed by atoms with Crippen LogP contribution in [0.3, 0.4) is 0 Å². The zero-order chi connectivity index (χ0) is 19.5. The number of ether oxygens (including phenoxy) is 2. The first-order chi connectivity index (χ1) is 13.6. The minimum atomic E-state index is -0.367. The van der Waals surface area contributed by atoms with Gasteiger partial charge in [-0.05, 0) is 48.0 Å². The van der Waals surface area contributed by atoms with Crippen LogP contribution >= 0.6 is 0 Å². The number of hydrogen-bond donors (Lipinski definition) is 1. The molecular formula is C21H18FN3O3. The normalized spacial score (nSPS) is 11.9. The van der Waals surface area contributed by atoms with E-state index in [1.165, 1.54) is 12.1 Å². The van der Waals surface area contributed by atoms with Crippen LogP contribution in [0, 0.1) is 5.82 Å². The summed E-state index contributed by atoms with van der Waals surface area (Å²) >= 11 is 0. The second-order valence-corrected chi connectivity index (χ2v) is 6.38. The number of benzene rings is 2.